The molecule has 4 aromatic carbocycles. The number of Topliss-reactive ketones (excluding diaryl/α,β-unsaturated/α-hetero) is 1. The number of carbonyl (C=O) groups is 2. The molecule has 52 heavy (non-hydrogen) atoms. The van der Waals surface area contributed by atoms with Gasteiger partial charge in [-0.05, 0) is 89.7 Å². The molecule has 0 unspecified atom stereocenters. The van der Waals surface area contributed by atoms with Crippen LogP contribution in [-0.2, 0) is 11.3 Å². The monoisotopic (exact) mass is 689 g/mol. The van der Waals surface area contributed by atoms with Crippen LogP contribution >= 0.6 is 0 Å². The van der Waals surface area contributed by atoms with E-state index in [0.717, 1.165) is 66.4 Å². The number of carbonyl (C=O) groups excluding carboxylic acids is 2. The van der Waals surface area contributed by atoms with Crippen molar-refractivity contribution in [2.45, 2.75) is 77.0 Å². The standard InChI is InChI=1S/C47H47NO4/c1-43-22-19-34(49)27-45(43)25-26-47(38(28-45)41(50)37-18-9-8-17-36(37)32-11-4-3-5-12-32)39(43)20-23-44(2)40(47)21-24-46(44)30-48(42(51)52-46)29-33-15-10-14-31-13-6-7-16-35(31)33/h3-18,25-26,28,34,39-40,49H,19-24,27,29-30H2,1-2H3/t34-,39+,40+,43+,44-,45-,46+,47-/m0/s1. The number of hydrogen-bond donors (Lipinski definition) is 1. The quantitative estimate of drug-likeness (QED) is 0.167. The Labute approximate surface area is 306 Å². The number of allylic oxidation sites excluding steroid dienone is 4. The lowest BCUT2D eigenvalue weighted by Gasteiger charge is -2.71. The van der Waals surface area contributed by atoms with Gasteiger partial charge in [0.15, 0.2) is 5.78 Å². The average molecular weight is 690 g/mol. The maximum Gasteiger partial charge on any atom is 0.410 e. The third kappa shape index (κ3) is 4.09. The van der Waals surface area contributed by atoms with Crippen molar-refractivity contribution >= 4 is 22.6 Å². The molecule has 11 rings (SSSR count). The summed E-state index contributed by atoms with van der Waals surface area (Å²) in [6.45, 7) is 5.90. The minimum Gasteiger partial charge on any atom is -0.440 e. The number of ether oxygens (including phenoxy) is 1. The average Bonchev–Trinajstić information content (AvgIpc) is 3.65. The Hall–Kier alpha value is -4.48. The van der Waals surface area contributed by atoms with Crippen LogP contribution in [0.25, 0.3) is 21.9 Å². The minimum atomic E-state index is -0.626. The van der Waals surface area contributed by atoms with Gasteiger partial charge in [-0.2, -0.15) is 0 Å². The molecule has 0 aromatic heterocycles. The Kier molecular flexibility index (Phi) is 6.82. The fourth-order valence-corrected chi connectivity index (χ4v) is 12.8. The van der Waals surface area contributed by atoms with Crippen LogP contribution in [0.1, 0.15) is 74.7 Å². The summed E-state index contributed by atoms with van der Waals surface area (Å²) in [6.07, 6.45) is 12.5. The predicted molar refractivity (Wildman–Crippen MR) is 203 cm³/mol. The number of benzene rings is 4. The second-order valence-electron chi connectivity index (χ2n) is 17.4. The van der Waals surface area contributed by atoms with Crippen molar-refractivity contribution in [2.75, 3.05) is 6.54 Å². The predicted octanol–water partition coefficient (Wildman–Crippen LogP) is 9.94. The van der Waals surface area contributed by atoms with Crippen molar-refractivity contribution < 1.29 is 19.4 Å². The van der Waals surface area contributed by atoms with Gasteiger partial charge >= 0.3 is 6.09 Å². The van der Waals surface area contributed by atoms with Crippen molar-refractivity contribution in [3.63, 3.8) is 0 Å². The Morgan fingerprint density at radius 1 is 0.808 bits per heavy atom. The SMILES string of the molecule is C[C@]12CC[C@H]3[C@@]4(C=C[C@@]5(C=C4C(=O)c4ccccc4-c4ccccc4)C[C@@H](O)CC[C@]35C)[C@@H]1CC[C@@]21CN(Cc2cccc3ccccc23)C(=O)O1. The number of ketones is 1. The fourth-order valence-electron chi connectivity index (χ4n) is 12.8. The molecule has 1 N–H and O–H groups in total. The second kappa shape index (κ2) is 11.0. The molecule has 7 aliphatic rings. The molecule has 8 atom stereocenters. The van der Waals surface area contributed by atoms with E-state index >= 15 is 4.79 Å². The van der Waals surface area contributed by atoms with Crippen molar-refractivity contribution in [1.82, 2.24) is 4.90 Å². The zero-order valence-electron chi connectivity index (χ0n) is 30.2. The molecular formula is C47H47NO4. The van der Waals surface area contributed by atoms with Crippen LogP contribution in [0.2, 0.25) is 0 Å². The molecule has 4 aromatic rings. The summed E-state index contributed by atoms with van der Waals surface area (Å²) in [7, 11) is 0. The smallest absolute Gasteiger partial charge is 0.410 e. The summed E-state index contributed by atoms with van der Waals surface area (Å²) in [5.74, 6) is 0.477. The van der Waals surface area contributed by atoms with Crippen molar-refractivity contribution in [3.8, 4) is 11.1 Å². The highest BCUT2D eigenvalue weighted by atomic mass is 16.6. The van der Waals surface area contributed by atoms with E-state index in [4.69, 9.17) is 4.74 Å². The van der Waals surface area contributed by atoms with Crippen LogP contribution < -0.4 is 0 Å². The molecule has 1 heterocycles. The molecule has 0 radical (unpaired) electrons. The molecule has 1 aliphatic heterocycles. The number of nitrogens with zero attached hydrogens (tertiary/aromatic N) is 1. The zero-order valence-corrected chi connectivity index (χ0v) is 30.2. The van der Waals surface area contributed by atoms with E-state index in [1.165, 1.54) is 10.8 Å². The Bertz CT molecular complexity index is 2200. The molecule has 3 saturated carbocycles. The highest BCUT2D eigenvalue weighted by Crippen LogP contribution is 2.79. The van der Waals surface area contributed by atoms with Gasteiger partial charge in [0.1, 0.15) is 5.60 Å². The number of aliphatic hydroxyl groups excluding tert-OH is 1. The van der Waals surface area contributed by atoms with Gasteiger partial charge in [0, 0.05) is 33.9 Å². The maximum absolute atomic E-state index is 15.5. The van der Waals surface area contributed by atoms with E-state index in [0.29, 0.717) is 19.5 Å². The van der Waals surface area contributed by atoms with E-state index < -0.39 is 11.0 Å². The summed E-state index contributed by atoms with van der Waals surface area (Å²) in [5.41, 5.74) is 2.86. The molecule has 5 nitrogen and oxygen atoms in total. The van der Waals surface area contributed by atoms with E-state index in [9.17, 15) is 9.90 Å². The molecule has 3 spiro atoms. The van der Waals surface area contributed by atoms with Gasteiger partial charge in [0.25, 0.3) is 0 Å². The Balaban J connectivity index is 1.07. The van der Waals surface area contributed by atoms with E-state index in [2.05, 4.69) is 92.7 Å². The summed E-state index contributed by atoms with van der Waals surface area (Å²) >= 11 is 0. The first-order valence-corrected chi connectivity index (χ1v) is 19.4. The first-order chi connectivity index (χ1) is 25.1. The van der Waals surface area contributed by atoms with Gasteiger partial charge in [-0.15, -0.1) is 0 Å². The minimum absolute atomic E-state index is 0.0758. The van der Waals surface area contributed by atoms with Crippen molar-refractivity contribution in [3.05, 3.63) is 132 Å². The highest BCUT2D eigenvalue weighted by Gasteiger charge is 2.76. The zero-order chi connectivity index (χ0) is 35.5. The third-order valence-electron chi connectivity index (χ3n) is 15.4. The Morgan fingerprint density at radius 2 is 1.52 bits per heavy atom. The van der Waals surface area contributed by atoms with Crippen LogP contribution in [-0.4, -0.2) is 40.1 Å². The van der Waals surface area contributed by atoms with Gasteiger partial charge in [-0.1, -0.05) is 129 Å². The van der Waals surface area contributed by atoms with Crippen molar-refractivity contribution in [2.24, 2.45) is 33.5 Å². The molecule has 2 bridgehead atoms. The molecule has 6 aliphatic carbocycles. The highest BCUT2D eigenvalue weighted by molar-refractivity contribution is 6.14. The van der Waals surface area contributed by atoms with Gasteiger partial charge in [0.05, 0.1) is 12.6 Å². The third-order valence-corrected chi connectivity index (χ3v) is 15.4. The summed E-state index contributed by atoms with van der Waals surface area (Å²) in [6, 6.07) is 33.0. The van der Waals surface area contributed by atoms with E-state index in [1.807, 2.05) is 41.3 Å². The Morgan fingerprint density at radius 3 is 2.38 bits per heavy atom. The lowest BCUT2D eigenvalue weighted by atomic mass is 9.32. The van der Waals surface area contributed by atoms with Gasteiger partial charge in [-0.3, -0.25) is 9.69 Å². The number of rotatable bonds is 5. The first-order valence-electron chi connectivity index (χ1n) is 19.4. The summed E-state index contributed by atoms with van der Waals surface area (Å²) in [4.78, 5) is 31.3. The summed E-state index contributed by atoms with van der Waals surface area (Å²) in [5, 5.41) is 13.5. The maximum atomic E-state index is 15.5. The fraction of sp³-hybridized carbons (Fsp3) is 0.404. The topological polar surface area (TPSA) is 66.8 Å². The van der Waals surface area contributed by atoms with Crippen LogP contribution in [0.5, 0.6) is 0 Å². The van der Waals surface area contributed by atoms with Crippen LogP contribution in [0, 0.1) is 33.5 Å². The lowest BCUT2D eigenvalue weighted by molar-refractivity contribution is -0.164. The molecule has 5 heteroatoms. The number of amides is 1. The molecular weight excluding hydrogens is 643 g/mol. The van der Waals surface area contributed by atoms with Crippen LogP contribution in [0.4, 0.5) is 4.79 Å². The number of aliphatic hydroxyl groups is 1. The molecule has 264 valence electrons. The molecule has 1 amide bonds. The molecule has 1 saturated heterocycles. The van der Waals surface area contributed by atoms with Crippen LogP contribution in [0.15, 0.2) is 121 Å². The number of hydrogen-bond acceptors (Lipinski definition) is 4. The largest absolute Gasteiger partial charge is 0.440 e. The normalized spacial score (nSPS) is 37.1. The van der Waals surface area contributed by atoms with E-state index in [1.54, 1.807) is 0 Å². The first kappa shape index (κ1) is 32.2. The lowest BCUT2D eigenvalue weighted by Crippen LogP contribution is -2.67. The van der Waals surface area contributed by atoms with Gasteiger partial charge in [0.2, 0.25) is 0 Å². The van der Waals surface area contributed by atoms with Gasteiger partial charge < -0.3 is 9.84 Å². The van der Waals surface area contributed by atoms with Gasteiger partial charge in [-0.25, -0.2) is 4.79 Å². The van der Waals surface area contributed by atoms with E-state index in [-0.39, 0.29) is 46.1 Å². The summed E-state index contributed by atoms with van der Waals surface area (Å²) < 4.78 is 6.69. The number of fused-ring (bicyclic) bond motifs is 3. The molecule has 4 fully saturated rings. The van der Waals surface area contributed by atoms with Crippen LogP contribution in [0.3, 0.4) is 0 Å². The van der Waals surface area contributed by atoms with Crippen molar-refractivity contribution in [1.29, 1.82) is 0 Å². The second-order valence-corrected chi connectivity index (χ2v) is 17.4.